The molecule has 0 amide bonds. The third kappa shape index (κ3) is 1.30. The van der Waals surface area contributed by atoms with E-state index in [2.05, 4.69) is 33.3 Å². The van der Waals surface area contributed by atoms with Crippen LogP contribution < -0.4 is 10.2 Å². The third-order valence-electron chi connectivity index (χ3n) is 3.45. The van der Waals surface area contributed by atoms with Gasteiger partial charge in [-0.1, -0.05) is 0 Å². The fraction of sp³-hybridized carbons (Fsp3) is 0.417. The third-order valence-corrected chi connectivity index (χ3v) is 3.45. The van der Waals surface area contributed by atoms with Gasteiger partial charge in [-0.05, 0) is 13.0 Å². The number of hydrogen-bond donors (Lipinski definition) is 2. The van der Waals surface area contributed by atoms with Crippen LogP contribution in [0.25, 0.3) is 10.9 Å². The van der Waals surface area contributed by atoms with E-state index in [0.717, 1.165) is 24.3 Å². The molecule has 2 aromatic heterocycles. The summed E-state index contributed by atoms with van der Waals surface area (Å²) in [6.45, 7) is 4.17. The minimum Gasteiger partial charge on any atom is -0.367 e. The van der Waals surface area contributed by atoms with Gasteiger partial charge < -0.3 is 15.2 Å². The number of fused-ring (bicyclic) bond motifs is 1. The maximum atomic E-state index is 4.45. The molecule has 1 fully saturated rings. The van der Waals surface area contributed by atoms with Gasteiger partial charge in [-0.3, -0.25) is 4.98 Å². The fourth-order valence-electron chi connectivity index (χ4n) is 2.20. The van der Waals surface area contributed by atoms with E-state index in [9.17, 15) is 0 Å². The smallest absolute Gasteiger partial charge is 0.0691 e. The highest BCUT2D eigenvalue weighted by atomic mass is 15.2. The number of rotatable bonds is 2. The molecule has 4 heteroatoms. The molecule has 84 valence electrons. The molecule has 16 heavy (non-hydrogen) atoms. The van der Waals surface area contributed by atoms with Crippen molar-refractivity contribution < 1.29 is 0 Å². The molecule has 0 aliphatic carbocycles. The molecule has 0 atom stereocenters. The van der Waals surface area contributed by atoms with Crippen LogP contribution in [-0.2, 0) is 0 Å². The van der Waals surface area contributed by atoms with Crippen LogP contribution in [0, 0.1) is 6.92 Å². The van der Waals surface area contributed by atoms with Gasteiger partial charge in [0.2, 0.25) is 0 Å². The predicted octanol–water partition coefficient (Wildman–Crippen LogP) is 1.28. The largest absolute Gasteiger partial charge is 0.367 e. The Bertz CT molecular complexity index is 513. The summed E-state index contributed by atoms with van der Waals surface area (Å²) in [5.74, 6) is 0. The molecule has 0 spiro atoms. The van der Waals surface area contributed by atoms with Crippen molar-refractivity contribution >= 4 is 16.6 Å². The molecule has 1 saturated heterocycles. The molecule has 4 nitrogen and oxygen atoms in total. The van der Waals surface area contributed by atoms with E-state index in [1.807, 2.05) is 19.3 Å². The Kier molecular flexibility index (Phi) is 2.11. The van der Waals surface area contributed by atoms with Crippen LogP contribution in [0.3, 0.4) is 0 Å². The van der Waals surface area contributed by atoms with Crippen molar-refractivity contribution in [2.75, 3.05) is 25.0 Å². The quantitative estimate of drug-likeness (QED) is 0.794. The summed E-state index contributed by atoms with van der Waals surface area (Å²) in [4.78, 5) is 10.0. The van der Waals surface area contributed by atoms with Crippen LogP contribution in [0.15, 0.2) is 18.5 Å². The topological polar surface area (TPSA) is 44.0 Å². The van der Waals surface area contributed by atoms with Crippen LogP contribution in [0.1, 0.15) is 5.69 Å². The van der Waals surface area contributed by atoms with Gasteiger partial charge >= 0.3 is 0 Å². The average molecular weight is 216 g/mol. The van der Waals surface area contributed by atoms with Gasteiger partial charge in [-0.2, -0.15) is 0 Å². The normalized spacial score (nSPS) is 16.4. The van der Waals surface area contributed by atoms with E-state index in [0.29, 0.717) is 6.04 Å². The van der Waals surface area contributed by atoms with Gasteiger partial charge in [0, 0.05) is 31.7 Å². The Hall–Kier alpha value is -1.55. The van der Waals surface area contributed by atoms with Gasteiger partial charge in [0.05, 0.1) is 29.1 Å². The first-order chi connectivity index (χ1) is 7.77. The minimum absolute atomic E-state index is 0.600. The highest BCUT2D eigenvalue weighted by Crippen LogP contribution is 2.27. The van der Waals surface area contributed by atoms with E-state index < -0.39 is 0 Å². The van der Waals surface area contributed by atoms with E-state index in [1.54, 1.807) is 0 Å². The van der Waals surface area contributed by atoms with Crippen LogP contribution in [0.4, 0.5) is 5.69 Å². The second-order valence-electron chi connectivity index (χ2n) is 4.42. The molecule has 0 saturated carbocycles. The number of H-pyrrole nitrogens is 1. The maximum Gasteiger partial charge on any atom is 0.0691 e. The molecule has 0 radical (unpaired) electrons. The van der Waals surface area contributed by atoms with Crippen molar-refractivity contribution in [3.8, 4) is 0 Å². The van der Waals surface area contributed by atoms with Crippen LogP contribution in [0.2, 0.25) is 0 Å². The Labute approximate surface area is 94.7 Å². The fourth-order valence-corrected chi connectivity index (χ4v) is 2.20. The van der Waals surface area contributed by atoms with E-state index in [1.165, 1.54) is 11.1 Å². The molecule has 1 aliphatic rings. The average Bonchev–Trinajstić information content (AvgIpc) is 2.64. The lowest BCUT2D eigenvalue weighted by Gasteiger charge is -2.37. The summed E-state index contributed by atoms with van der Waals surface area (Å²) < 4.78 is 0. The molecule has 0 bridgehead atoms. The number of aromatic nitrogens is 2. The molecule has 3 heterocycles. The molecular formula is C12H16N4. The molecular weight excluding hydrogens is 200 g/mol. The summed E-state index contributed by atoms with van der Waals surface area (Å²) in [6.07, 6.45) is 3.96. The van der Waals surface area contributed by atoms with Crippen molar-refractivity contribution in [2.45, 2.75) is 13.0 Å². The first-order valence-corrected chi connectivity index (χ1v) is 5.63. The maximum absolute atomic E-state index is 4.45. The highest BCUT2D eigenvalue weighted by Gasteiger charge is 2.23. The van der Waals surface area contributed by atoms with Crippen molar-refractivity contribution in [3.05, 3.63) is 24.2 Å². The van der Waals surface area contributed by atoms with E-state index in [-0.39, 0.29) is 0 Å². The summed E-state index contributed by atoms with van der Waals surface area (Å²) in [7, 11) is 2.14. The molecule has 2 N–H and O–H groups in total. The molecule has 0 unspecified atom stereocenters. The first kappa shape index (κ1) is 9.66. The number of pyridine rings is 1. The van der Waals surface area contributed by atoms with Gasteiger partial charge in [-0.25, -0.2) is 0 Å². The summed E-state index contributed by atoms with van der Waals surface area (Å²) >= 11 is 0. The van der Waals surface area contributed by atoms with Gasteiger partial charge in [0.1, 0.15) is 0 Å². The van der Waals surface area contributed by atoms with Crippen molar-refractivity contribution in [2.24, 2.45) is 0 Å². The lowest BCUT2D eigenvalue weighted by Crippen LogP contribution is -2.56. The van der Waals surface area contributed by atoms with Gasteiger partial charge in [0.25, 0.3) is 0 Å². The SMILES string of the molecule is Cc1ncc(N(C)C2CNC2)c2cc[nH]c12. The minimum atomic E-state index is 0.600. The predicted molar refractivity (Wildman–Crippen MR) is 65.9 cm³/mol. The highest BCUT2D eigenvalue weighted by molar-refractivity contribution is 5.93. The summed E-state index contributed by atoms with van der Waals surface area (Å²) in [6, 6.07) is 2.73. The molecule has 3 rings (SSSR count). The number of nitrogens with zero attached hydrogens (tertiary/aromatic N) is 2. The number of hydrogen-bond acceptors (Lipinski definition) is 3. The van der Waals surface area contributed by atoms with Crippen LogP contribution in [0.5, 0.6) is 0 Å². The zero-order valence-electron chi connectivity index (χ0n) is 9.62. The lowest BCUT2D eigenvalue weighted by molar-refractivity contribution is 0.429. The molecule has 1 aliphatic heterocycles. The number of aromatic amines is 1. The second-order valence-corrected chi connectivity index (χ2v) is 4.42. The first-order valence-electron chi connectivity index (χ1n) is 5.63. The molecule has 0 aromatic carbocycles. The second kappa shape index (κ2) is 3.49. The molecule has 2 aromatic rings. The van der Waals surface area contributed by atoms with Gasteiger partial charge in [0.15, 0.2) is 0 Å². The van der Waals surface area contributed by atoms with Crippen LogP contribution in [-0.4, -0.2) is 36.1 Å². The number of likely N-dealkylation sites (N-methyl/N-ethyl adjacent to an activating group) is 1. The zero-order chi connectivity index (χ0) is 11.1. The monoisotopic (exact) mass is 216 g/mol. The Morgan fingerprint density at radius 1 is 1.44 bits per heavy atom. The zero-order valence-corrected chi connectivity index (χ0v) is 9.62. The van der Waals surface area contributed by atoms with Crippen molar-refractivity contribution in [1.29, 1.82) is 0 Å². The summed E-state index contributed by atoms with van der Waals surface area (Å²) in [5, 5.41) is 4.56. The Balaban J connectivity index is 2.08. The summed E-state index contributed by atoms with van der Waals surface area (Å²) in [5.41, 5.74) is 3.42. The standard InChI is InChI=1S/C12H16N4/c1-8-12-10(3-4-14-12)11(7-15-8)16(2)9-5-13-6-9/h3-4,7,9,13-14H,5-6H2,1-2H3. The number of nitrogens with one attached hydrogen (secondary N) is 2. The number of anilines is 1. The van der Waals surface area contributed by atoms with Gasteiger partial charge in [-0.15, -0.1) is 0 Å². The Morgan fingerprint density at radius 2 is 2.25 bits per heavy atom. The Morgan fingerprint density at radius 3 is 2.94 bits per heavy atom. The lowest BCUT2D eigenvalue weighted by atomic mass is 10.1. The van der Waals surface area contributed by atoms with E-state index in [4.69, 9.17) is 0 Å². The number of aryl methyl sites for hydroxylation is 1. The van der Waals surface area contributed by atoms with Crippen molar-refractivity contribution in [1.82, 2.24) is 15.3 Å². The van der Waals surface area contributed by atoms with E-state index >= 15 is 0 Å². The van der Waals surface area contributed by atoms with Crippen molar-refractivity contribution in [3.63, 3.8) is 0 Å². The van der Waals surface area contributed by atoms with Crippen LogP contribution >= 0.6 is 0 Å².